The van der Waals surface area contributed by atoms with Crippen molar-refractivity contribution in [2.45, 2.75) is 18.8 Å². The Morgan fingerprint density at radius 2 is 1.92 bits per heavy atom. The van der Waals surface area contributed by atoms with Crippen LogP contribution in [-0.4, -0.2) is 30.7 Å². The lowest BCUT2D eigenvalue weighted by Gasteiger charge is -2.09. The van der Waals surface area contributed by atoms with Crippen molar-refractivity contribution in [3.8, 4) is 0 Å². The molecular weight excluding hydrogens is 199 g/mol. The third-order valence-electron chi connectivity index (χ3n) is 0.989. The Morgan fingerprint density at radius 1 is 1.42 bits per heavy atom. The summed E-state index contributed by atoms with van der Waals surface area (Å²) >= 11 is 0. The van der Waals surface area contributed by atoms with Crippen LogP contribution >= 0.6 is 12.4 Å². The molecule has 3 N–H and O–H groups in total. The van der Waals surface area contributed by atoms with E-state index in [1.54, 1.807) is 0 Å². The predicted molar refractivity (Wildman–Crippen MR) is 38.9 cm³/mol. The van der Waals surface area contributed by atoms with Crippen molar-refractivity contribution >= 4 is 12.4 Å². The van der Waals surface area contributed by atoms with E-state index >= 15 is 0 Å². The molecule has 1 atom stereocenters. The predicted octanol–water partition coefficient (Wildman–Crippen LogP) is 0.654. The molecule has 0 heterocycles. The molecule has 12 heavy (non-hydrogen) atoms. The highest BCUT2D eigenvalue weighted by Gasteiger charge is 2.28. The topological polar surface area (TPSA) is 55.5 Å². The number of ether oxygens (including phenoxy) is 1. The van der Waals surface area contributed by atoms with E-state index in [1.807, 2.05) is 0 Å². The number of aliphatic hydroxyl groups is 1. The molecule has 0 aromatic carbocycles. The zero-order chi connectivity index (χ0) is 8.91. The lowest BCUT2D eigenvalue weighted by Crippen LogP contribution is -2.27. The van der Waals surface area contributed by atoms with Crippen LogP contribution in [0, 0.1) is 0 Å². The highest BCUT2D eigenvalue weighted by atomic mass is 35.5. The van der Waals surface area contributed by atoms with Crippen LogP contribution in [0.5, 0.6) is 0 Å². The van der Waals surface area contributed by atoms with Crippen LogP contribution in [0.25, 0.3) is 0 Å². The van der Waals surface area contributed by atoms with Gasteiger partial charge in [0.25, 0.3) is 0 Å². The molecule has 0 rings (SSSR count). The Bertz CT molecular complexity index is 111. The monoisotopic (exact) mass is 209 g/mol. The maximum Gasteiger partial charge on any atom is 0.522 e. The van der Waals surface area contributed by atoms with Gasteiger partial charge in [-0.25, -0.2) is 0 Å². The minimum Gasteiger partial charge on any atom is -0.395 e. The molecule has 0 radical (unpaired) electrons. The summed E-state index contributed by atoms with van der Waals surface area (Å²) in [5, 5.41) is 8.30. The zero-order valence-electron chi connectivity index (χ0n) is 6.17. The van der Waals surface area contributed by atoms with Crippen molar-refractivity contribution in [3.63, 3.8) is 0 Å². The van der Waals surface area contributed by atoms with Crippen LogP contribution in [-0.2, 0) is 4.74 Å². The first kappa shape index (κ1) is 14.5. The Morgan fingerprint density at radius 3 is 2.25 bits per heavy atom. The number of hydrogen-bond acceptors (Lipinski definition) is 3. The summed E-state index contributed by atoms with van der Waals surface area (Å²) in [7, 11) is 0. The Balaban J connectivity index is 0. The second-order valence-corrected chi connectivity index (χ2v) is 2.03. The SMILES string of the molecule is Cl.N[C@H](CO)CCOC(F)(F)F. The van der Waals surface area contributed by atoms with Crippen LogP contribution in [0.3, 0.4) is 0 Å². The van der Waals surface area contributed by atoms with Crippen LogP contribution in [0.4, 0.5) is 13.2 Å². The fourth-order valence-corrected chi connectivity index (χ4v) is 0.417. The molecule has 0 amide bonds. The smallest absolute Gasteiger partial charge is 0.395 e. The molecule has 0 aliphatic rings. The van der Waals surface area contributed by atoms with Crippen LogP contribution in [0.15, 0.2) is 0 Å². The quantitative estimate of drug-likeness (QED) is 0.715. The van der Waals surface area contributed by atoms with Crippen LogP contribution in [0.1, 0.15) is 6.42 Å². The Hall–Kier alpha value is -0.0400. The van der Waals surface area contributed by atoms with E-state index in [4.69, 9.17) is 10.8 Å². The molecule has 0 unspecified atom stereocenters. The molecule has 0 saturated heterocycles. The first-order valence-corrected chi connectivity index (χ1v) is 3.03. The summed E-state index contributed by atoms with van der Waals surface area (Å²) in [5.74, 6) is 0. The molecule has 0 saturated carbocycles. The molecule has 0 spiro atoms. The van der Waals surface area contributed by atoms with Crippen LogP contribution in [0.2, 0.25) is 0 Å². The molecule has 0 aliphatic heterocycles. The Kier molecular flexibility index (Phi) is 7.81. The van der Waals surface area contributed by atoms with E-state index < -0.39 is 19.0 Å². The summed E-state index contributed by atoms with van der Waals surface area (Å²) in [5.41, 5.74) is 5.10. The molecule has 0 aromatic heterocycles. The normalized spacial score (nSPS) is 13.8. The summed E-state index contributed by atoms with van der Waals surface area (Å²) in [6, 6.07) is -0.641. The van der Waals surface area contributed by atoms with Gasteiger partial charge in [-0.1, -0.05) is 0 Å². The first-order chi connectivity index (χ1) is 4.95. The van der Waals surface area contributed by atoms with Crippen molar-refractivity contribution in [1.29, 1.82) is 0 Å². The summed E-state index contributed by atoms with van der Waals surface area (Å²) in [6.07, 6.45) is -4.61. The minimum atomic E-state index is -4.60. The fraction of sp³-hybridized carbons (Fsp3) is 1.00. The summed E-state index contributed by atoms with van der Waals surface area (Å²) < 4.78 is 37.3. The lowest BCUT2D eigenvalue weighted by atomic mass is 10.2. The maximum atomic E-state index is 11.3. The Labute approximate surface area is 74.1 Å². The average molecular weight is 210 g/mol. The molecular formula is C5H11ClF3NO2. The fourth-order valence-electron chi connectivity index (χ4n) is 0.417. The molecule has 0 aromatic rings. The van der Waals surface area contributed by atoms with Gasteiger partial charge in [0.05, 0.1) is 13.2 Å². The van der Waals surface area contributed by atoms with Gasteiger partial charge in [0.1, 0.15) is 0 Å². The van der Waals surface area contributed by atoms with Gasteiger partial charge in [0.15, 0.2) is 0 Å². The second kappa shape index (κ2) is 6.47. The van der Waals surface area contributed by atoms with Crippen molar-refractivity contribution in [1.82, 2.24) is 0 Å². The van der Waals surface area contributed by atoms with Gasteiger partial charge in [0.2, 0.25) is 0 Å². The van der Waals surface area contributed by atoms with Gasteiger partial charge in [0, 0.05) is 6.04 Å². The molecule has 0 bridgehead atoms. The first-order valence-electron chi connectivity index (χ1n) is 3.03. The van der Waals surface area contributed by atoms with E-state index in [0.717, 1.165) is 0 Å². The third kappa shape index (κ3) is 9.96. The summed E-state index contributed by atoms with van der Waals surface area (Å²) in [4.78, 5) is 0. The molecule has 76 valence electrons. The van der Waals surface area contributed by atoms with Gasteiger partial charge >= 0.3 is 6.36 Å². The van der Waals surface area contributed by atoms with Crippen LogP contribution < -0.4 is 5.73 Å². The molecule has 0 fully saturated rings. The lowest BCUT2D eigenvalue weighted by molar-refractivity contribution is -0.325. The zero-order valence-corrected chi connectivity index (χ0v) is 6.99. The number of aliphatic hydroxyl groups excluding tert-OH is 1. The third-order valence-corrected chi connectivity index (χ3v) is 0.989. The van der Waals surface area contributed by atoms with Crippen molar-refractivity contribution in [2.75, 3.05) is 13.2 Å². The van der Waals surface area contributed by atoms with Gasteiger partial charge in [-0.2, -0.15) is 0 Å². The molecule has 3 nitrogen and oxygen atoms in total. The van der Waals surface area contributed by atoms with Gasteiger partial charge in [-0.3, -0.25) is 4.74 Å². The van der Waals surface area contributed by atoms with Gasteiger partial charge in [-0.05, 0) is 6.42 Å². The van der Waals surface area contributed by atoms with E-state index in [1.165, 1.54) is 0 Å². The van der Waals surface area contributed by atoms with E-state index in [9.17, 15) is 13.2 Å². The van der Waals surface area contributed by atoms with Gasteiger partial charge in [-0.15, -0.1) is 25.6 Å². The largest absolute Gasteiger partial charge is 0.522 e. The maximum absolute atomic E-state index is 11.3. The average Bonchev–Trinajstić information content (AvgIpc) is 1.85. The summed E-state index contributed by atoms with van der Waals surface area (Å²) in [6.45, 7) is -0.841. The number of nitrogens with two attached hydrogens (primary N) is 1. The standard InChI is InChI=1S/C5H10F3NO2.ClH/c6-5(7,8)11-2-1-4(9)3-10;/h4,10H,1-3,9H2;1H/t4-;/m0./s1. The van der Waals surface area contributed by atoms with Crippen molar-refractivity contribution in [2.24, 2.45) is 5.73 Å². The highest BCUT2D eigenvalue weighted by molar-refractivity contribution is 5.85. The number of hydrogen-bond donors (Lipinski definition) is 2. The number of alkyl halides is 3. The number of halogens is 4. The highest BCUT2D eigenvalue weighted by Crippen LogP contribution is 2.16. The van der Waals surface area contributed by atoms with Crippen molar-refractivity contribution < 1.29 is 23.0 Å². The molecule has 0 aliphatic carbocycles. The van der Waals surface area contributed by atoms with Gasteiger partial charge < -0.3 is 10.8 Å². The van der Waals surface area contributed by atoms with Crippen molar-refractivity contribution in [3.05, 3.63) is 0 Å². The minimum absolute atomic E-state index is 0. The van der Waals surface area contributed by atoms with E-state index in [-0.39, 0.29) is 25.4 Å². The number of rotatable bonds is 4. The van der Waals surface area contributed by atoms with E-state index in [0.29, 0.717) is 0 Å². The second-order valence-electron chi connectivity index (χ2n) is 2.03. The molecule has 7 heteroatoms. The van der Waals surface area contributed by atoms with E-state index in [2.05, 4.69) is 4.74 Å².